The van der Waals surface area contributed by atoms with E-state index >= 15 is 0 Å². The quantitative estimate of drug-likeness (QED) is 0.250. The average Bonchev–Trinajstić information content (AvgIpc) is 3.31. The van der Waals surface area contributed by atoms with Crippen molar-refractivity contribution in [2.45, 2.75) is 45.6 Å². The predicted octanol–water partition coefficient (Wildman–Crippen LogP) is 5.31. The fourth-order valence-corrected chi connectivity index (χ4v) is 5.33. The van der Waals surface area contributed by atoms with Crippen LogP contribution in [0, 0.1) is 6.92 Å². The van der Waals surface area contributed by atoms with Crippen LogP contribution in [0.15, 0.2) is 53.1 Å². The van der Waals surface area contributed by atoms with Gasteiger partial charge in [-0.25, -0.2) is 9.59 Å². The van der Waals surface area contributed by atoms with Crippen molar-refractivity contribution in [1.29, 1.82) is 0 Å². The summed E-state index contributed by atoms with van der Waals surface area (Å²) >= 11 is 0. The zero-order valence-electron chi connectivity index (χ0n) is 21.9. The van der Waals surface area contributed by atoms with E-state index in [0.29, 0.717) is 51.3 Å². The summed E-state index contributed by atoms with van der Waals surface area (Å²) in [6, 6.07) is 11.8. The van der Waals surface area contributed by atoms with E-state index in [-0.39, 0.29) is 23.5 Å². The standard InChI is InChI=1S/C30H26O9/c1-16-15-36-25-21-12-13-22-20(24(21)27(38-18(3)32)26(23(16)25)37-17(2)31)11-8-14-30(22,29(34)35-4)39-28(33)19-9-6-5-7-10-19/h5-7,9-10,12-13,15H,8,11,14H2,1-4H3/t30-/m1/s1. The van der Waals surface area contributed by atoms with E-state index in [1.54, 1.807) is 49.4 Å². The van der Waals surface area contributed by atoms with Gasteiger partial charge in [-0.3, -0.25) is 9.59 Å². The van der Waals surface area contributed by atoms with Crippen LogP contribution in [-0.4, -0.2) is 31.0 Å². The molecule has 9 heteroatoms. The maximum atomic E-state index is 13.4. The van der Waals surface area contributed by atoms with Crippen molar-refractivity contribution in [3.63, 3.8) is 0 Å². The zero-order chi connectivity index (χ0) is 27.9. The number of fused-ring (bicyclic) bond motifs is 5. The Labute approximate surface area is 223 Å². The maximum absolute atomic E-state index is 13.4. The second-order valence-corrected chi connectivity index (χ2v) is 9.41. The van der Waals surface area contributed by atoms with Crippen molar-refractivity contribution in [2.24, 2.45) is 0 Å². The lowest BCUT2D eigenvalue weighted by molar-refractivity contribution is -0.166. The van der Waals surface area contributed by atoms with E-state index in [1.165, 1.54) is 27.2 Å². The average molecular weight is 531 g/mol. The highest BCUT2D eigenvalue weighted by Crippen LogP contribution is 2.51. The predicted molar refractivity (Wildman–Crippen MR) is 140 cm³/mol. The highest BCUT2D eigenvalue weighted by atomic mass is 16.6. The number of rotatable bonds is 5. The van der Waals surface area contributed by atoms with Gasteiger partial charge in [-0.05, 0) is 43.0 Å². The molecule has 3 aromatic carbocycles. The molecule has 0 spiro atoms. The van der Waals surface area contributed by atoms with Gasteiger partial charge in [-0.1, -0.05) is 30.3 Å². The molecule has 39 heavy (non-hydrogen) atoms. The number of ether oxygens (including phenoxy) is 4. The van der Waals surface area contributed by atoms with Gasteiger partial charge in [-0.2, -0.15) is 0 Å². The molecule has 0 aliphatic heterocycles. The van der Waals surface area contributed by atoms with Crippen molar-refractivity contribution >= 4 is 45.6 Å². The Kier molecular flexibility index (Phi) is 6.59. The number of benzene rings is 3. The lowest BCUT2D eigenvalue weighted by atomic mass is 9.76. The molecule has 1 aromatic heterocycles. The molecule has 0 radical (unpaired) electrons. The molecule has 0 saturated heterocycles. The van der Waals surface area contributed by atoms with Gasteiger partial charge < -0.3 is 23.4 Å². The van der Waals surface area contributed by atoms with Crippen molar-refractivity contribution in [1.82, 2.24) is 0 Å². The summed E-state index contributed by atoms with van der Waals surface area (Å²) in [4.78, 5) is 51.0. The molecule has 1 heterocycles. The second kappa shape index (κ2) is 9.90. The molecule has 0 bridgehead atoms. The smallest absolute Gasteiger partial charge is 0.355 e. The Morgan fingerprint density at radius 1 is 0.897 bits per heavy atom. The van der Waals surface area contributed by atoms with Crippen LogP contribution in [0.4, 0.5) is 0 Å². The van der Waals surface area contributed by atoms with Crippen LogP contribution in [0.25, 0.3) is 21.7 Å². The highest BCUT2D eigenvalue weighted by Gasteiger charge is 2.49. The summed E-state index contributed by atoms with van der Waals surface area (Å²) in [6.07, 6.45) is 2.60. The highest BCUT2D eigenvalue weighted by molar-refractivity contribution is 6.15. The summed E-state index contributed by atoms with van der Waals surface area (Å²) in [5.74, 6) is -2.61. The van der Waals surface area contributed by atoms with Crippen molar-refractivity contribution in [3.8, 4) is 11.5 Å². The first-order valence-electron chi connectivity index (χ1n) is 12.4. The number of hydrogen-bond donors (Lipinski definition) is 0. The third-order valence-corrected chi connectivity index (χ3v) is 6.87. The minimum Gasteiger partial charge on any atom is -0.466 e. The molecular formula is C30H26O9. The first-order chi connectivity index (χ1) is 18.7. The first kappa shape index (κ1) is 26.0. The molecule has 1 atom stereocenters. The SMILES string of the molecule is COC(=O)[C@@]1(OC(=O)c2ccccc2)CCCc2c1ccc1c2c(OC(C)=O)c(OC(C)=O)c2c(C)coc21. The van der Waals surface area contributed by atoms with Crippen LogP contribution < -0.4 is 9.47 Å². The number of aryl methyl sites for hydroxylation is 2. The molecule has 1 aliphatic carbocycles. The van der Waals surface area contributed by atoms with Crippen LogP contribution in [0.5, 0.6) is 11.5 Å². The molecule has 0 saturated carbocycles. The van der Waals surface area contributed by atoms with Gasteiger partial charge in [0, 0.05) is 36.6 Å². The number of esters is 4. The molecule has 0 N–H and O–H groups in total. The molecule has 0 amide bonds. The lowest BCUT2D eigenvalue weighted by Gasteiger charge is -2.36. The van der Waals surface area contributed by atoms with Gasteiger partial charge in [0.05, 0.1) is 24.3 Å². The fraction of sp³-hybridized carbons (Fsp3) is 0.267. The molecular weight excluding hydrogens is 504 g/mol. The van der Waals surface area contributed by atoms with E-state index in [1.807, 2.05) is 0 Å². The van der Waals surface area contributed by atoms with Gasteiger partial charge in [0.2, 0.25) is 5.60 Å². The van der Waals surface area contributed by atoms with E-state index in [2.05, 4.69) is 0 Å². The monoisotopic (exact) mass is 530 g/mol. The Balaban J connectivity index is 1.84. The fourth-order valence-electron chi connectivity index (χ4n) is 5.33. The maximum Gasteiger partial charge on any atom is 0.355 e. The Bertz CT molecular complexity index is 1650. The number of carbonyl (C=O) groups is 4. The Morgan fingerprint density at radius 3 is 2.21 bits per heavy atom. The van der Waals surface area contributed by atoms with E-state index in [4.69, 9.17) is 23.4 Å². The van der Waals surface area contributed by atoms with Crippen LogP contribution in [0.1, 0.15) is 53.7 Å². The Hall–Kier alpha value is -4.66. The van der Waals surface area contributed by atoms with Crippen LogP contribution in [0.3, 0.4) is 0 Å². The first-order valence-corrected chi connectivity index (χ1v) is 12.4. The minimum atomic E-state index is -1.76. The summed E-state index contributed by atoms with van der Waals surface area (Å²) in [5, 5.41) is 1.49. The third kappa shape index (κ3) is 4.29. The van der Waals surface area contributed by atoms with Gasteiger partial charge in [0.1, 0.15) is 5.58 Å². The molecule has 4 aromatic rings. The molecule has 200 valence electrons. The molecule has 0 fully saturated rings. The Morgan fingerprint density at radius 2 is 1.56 bits per heavy atom. The van der Waals surface area contributed by atoms with E-state index in [9.17, 15) is 19.2 Å². The molecule has 1 aliphatic rings. The minimum absolute atomic E-state index is 0.0246. The molecule has 5 rings (SSSR count). The van der Waals surface area contributed by atoms with Gasteiger partial charge in [-0.15, -0.1) is 0 Å². The molecule has 9 nitrogen and oxygen atoms in total. The van der Waals surface area contributed by atoms with Crippen molar-refractivity contribution < 1.29 is 42.5 Å². The van der Waals surface area contributed by atoms with Crippen molar-refractivity contribution in [2.75, 3.05) is 7.11 Å². The van der Waals surface area contributed by atoms with Crippen LogP contribution in [0.2, 0.25) is 0 Å². The summed E-state index contributed by atoms with van der Waals surface area (Å²) in [5.41, 5.74) is 0.599. The second-order valence-electron chi connectivity index (χ2n) is 9.41. The topological polar surface area (TPSA) is 118 Å². The largest absolute Gasteiger partial charge is 0.466 e. The normalized spacial score (nSPS) is 16.4. The van der Waals surface area contributed by atoms with Gasteiger partial charge >= 0.3 is 23.9 Å². The van der Waals surface area contributed by atoms with E-state index < -0.39 is 29.5 Å². The van der Waals surface area contributed by atoms with Crippen LogP contribution >= 0.6 is 0 Å². The number of hydrogen-bond acceptors (Lipinski definition) is 9. The van der Waals surface area contributed by atoms with Crippen molar-refractivity contribution in [3.05, 3.63) is 71.0 Å². The molecule has 0 unspecified atom stereocenters. The summed E-state index contributed by atoms with van der Waals surface area (Å²) in [7, 11) is 1.23. The summed E-state index contributed by atoms with van der Waals surface area (Å²) in [6.45, 7) is 4.27. The van der Waals surface area contributed by atoms with Gasteiger partial charge in [0.25, 0.3) is 0 Å². The summed E-state index contributed by atoms with van der Waals surface area (Å²) < 4.78 is 28.3. The number of furan rings is 1. The number of carbonyl (C=O) groups excluding carboxylic acids is 4. The van der Waals surface area contributed by atoms with E-state index in [0.717, 1.165) is 0 Å². The third-order valence-electron chi connectivity index (χ3n) is 6.87. The number of methoxy groups -OCH3 is 1. The lowest BCUT2D eigenvalue weighted by Crippen LogP contribution is -2.44. The zero-order valence-corrected chi connectivity index (χ0v) is 21.9. The van der Waals surface area contributed by atoms with Gasteiger partial charge in [0.15, 0.2) is 11.5 Å². The van der Waals surface area contributed by atoms with Crippen LogP contribution in [-0.2, 0) is 35.9 Å².